The summed E-state index contributed by atoms with van der Waals surface area (Å²) < 4.78 is 1.78. The molecule has 4 aromatic rings. The van der Waals surface area contributed by atoms with Crippen LogP contribution in [0.2, 0.25) is 0 Å². The van der Waals surface area contributed by atoms with E-state index in [0.717, 1.165) is 41.6 Å². The van der Waals surface area contributed by atoms with Gasteiger partial charge in [0, 0.05) is 24.1 Å². The molecule has 6 nitrogen and oxygen atoms in total. The van der Waals surface area contributed by atoms with Crippen LogP contribution >= 0.6 is 0 Å². The van der Waals surface area contributed by atoms with E-state index in [1.54, 1.807) is 4.40 Å². The van der Waals surface area contributed by atoms with Crippen molar-refractivity contribution in [3.05, 3.63) is 60.0 Å². The molecule has 0 saturated heterocycles. The predicted molar refractivity (Wildman–Crippen MR) is 126 cm³/mol. The van der Waals surface area contributed by atoms with Gasteiger partial charge < -0.3 is 10.8 Å². The summed E-state index contributed by atoms with van der Waals surface area (Å²) in [4.78, 5) is 9.72. The molecule has 0 radical (unpaired) electrons. The topological polar surface area (TPSA) is 100 Å². The van der Waals surface area contributed by atoms with E-state index in [0.29, 0.717) is 24.2 Å². The van der Waals surface area contributed by atoms with E-state index >= 15 is 0 Å². The van der Waals surface area contributed by atoms with Crippen molar-refractivity contribution in [3.8, 4) is 17.1 Å². The Labute approximate surface area is 182 Å². The number of benzene rings is 2. The number of aromatic nitrogens is 3. The van der Waals surface area contributed by atoms with Gasteiger partial charge in [-0.25, -0.2) is 9.97 Å². The van der Waals surface area contributed by atoms with E-state index in [1.807, 2.05) is 18.3 Å². The monoisotopic (exact) mass is 415 g/mol. The van der Waals surface area contributed by atoms with Crippen LogP contribution in [0.1, 0.15) is 56.8 Å². The fourth-order valence-electron chi connectivity index (χ4n) is 3.90. The summed E-state index contributed by atoms with van der Waals surface area (Å²) in [6.07, 6.45) is 5.76. The third-order valence-electron chi connectivity index (χ3n) is 5.91. The number of amidine groups is 1. The molecule has 6 heteroatoms. The predicted octanol–water partition coefficient (Wildman–Crippen LogP) is 5.42. The quantitative estimate of drug-likeness (QED) is 0.203. The van der Waals surface area contributed by atoms with Gasteiger partial charge in [-0.15, -0.1) is 0 Å². The molecule has 2 aromatic heterocycles. The number of rotatable bonds is 8. The number of nitrogens with two attached hydrogens (primary N) is 1. The Bertz CT molecular complexity index is 1240. The van der Waals surface area contributed by atoms with Crippen molar-refractivity contribution in [2.45, 2.75) is 51.9 Å². The van der Waals surface area contributed by atoms with Crippen LogP contribution in [0.3, 0.4) is 0 Å². The second-order valence-corrected chi connectivity index (χ2v) is 8.19. The van der Waals surface area contributed by atoms with Gasteiger partial charge >= 0.3 is 0 Å². The third-order valence-corrected chi connectivity index (χ3v) is 5.91. The van der Waals surface area contributed by atoms with Gasteiger partial charge in [-0.1, -0.05) is 50.2 Å². The van der Waals surface area contributed by atoms with Crippen LogP contribution in [0, 0.1) is 5.41 Å². The first-order valence-corrected chi connectivity index (χ1v) is 10.9. The number of nitrogens with one attached hydrogen (secondary N) is 1. The van der Waals surface area contributed by atoms with Gasteiger partial charge in [0.2, 0.25) is 5.88 Å². The molecular weight excluding hydrogens is 386 g/mol. The summed E-state index contributed by atoms with van der Waals surface area (Å²) in [5.41, 5.74) is 9.59. The third kappa shape index (κ3) is 4.24. The van der Waals surface area contributed by atoms with Gasteiger partial charge in [0.25, 0.3) is 0 Å². The highest BCUT2D eigenvalue weighted by atomic mass is 16.3. The van der Waals surface area contributed by atoms with Gasteiger partial charge in [-0.3, -0.25) is 9.81 Å². The van der Waals surface area contributed by atoms with E-state index < -0.39 is 0 Å². The molecule has 0 spiro atoms. The standard InChI is InChI=1S/C25H29N5O/c1-3-16(2)23-25(31)30-15-21(19-13-12-17-8-4-5-9-18(17)14-19)28-20(24(30)29-23)10-6-7-11-22(26)27/h4-5,8-9,12-16,31H,3,6-7,10-11H2,1-2H3,(H3,26,27). The summed E-state index contributed by atoms with van der Waals surface area (Å²) in [5, 5.41) is 20.7. The average molecular weight is 416 g/mol. The molecule has 2 aromatic carbocycles. The summed E-state index contributed by atoms with van der Waals surface area (Å²) in [5.74, 6) is 0.564. The minimum absolute atomic E-state index is 0.162. The van der Waals surface area contributed by atoms with Gasteiger partial charge in [0.15, 0.2) is 5.65 Å². The maximum absolute atomic E-state index is 10.9. The lowest BCUT2D eigenvalue weighted by Gasteiger charge is -2.09. The SMILES string of the molecule is CCC(C)c1nc2c(CCCCC(=N)N)nc(-c3ccc4ccccc4c3)cn2c1O. The highest BCUT2D eigenvalue weighted by Crippen LogP contribution is 2.32. The second-order valence-electron chi connectivity index (χ2n) is 8.19. The zero-order chi connectivity index (χ0) is 22.0. The minimum atomic E-state index is 0.162. The first-order valence-electron chi connectivity index (χ1n) is 10.9. The Morgan fingerprint density at radius 2 is 1.90 bits per heavy atom. The van der Waals surface area contributed by atoms with E-state index in [-0.39, 0.29) is 17.6 Å². The molecular formula is C25H29N5O. The lowest BCUT2D eigenvalue weighted by Crippen LogP contribution is -2.09. The number of aryl methyl sites for hydroxylation is 1. The minimum Gasteiger partial charge on any atom is -0.493 e. The van der Waals surface area contributed by atoms with Crippen molar-refractivity contribution in [3.63, 3.8) is 0 Å². The smallest absolute Gasteiger partial charge is 0.219 e. The maximum atomic E-state index is 10.9. The molecule has 0 saturated carbocycles. The number of hydrogen-bond donors (Lipinski definition) is 3. The molecule has 0 aliphatic carbocycles. The summed E-state index contributed by atoms with van der Waals surface area (Å²) in [6.45, 7) is 4.17. The Morgan fingerprint density at radius 3 is 2.65 bits per heavy atom. The molecule has 0 fully saturated rings. The van der Waals surface area contributed by atoms with Gasteiger partial charge in [-0.2, -0.15) is 0 Å². The van der Waals surface area contributed by atoms with Crippen LogP contribution in [0.4, 0.5) is 0 Å². The average Bonchev–Trinajstić information content (AvgIpc) is 3.12. The lowest BCUT2D eigenvalue weighted by atomic mass is 10.0. The van der Waals surface area contributed by atoms with Crippen molar-refractivity contribution < 1.29 is 5.11 Å². The fraction of sp³-hybridized carbons (Fsp3) is 0.320. The molecule has 4 rings (SSSR count). The number of imidazole rings is 1. The summed E-state index contributed by atoms with van der Waals surface area (Å²) >= 11 is 0. The lowest BCUT2D eigenvalue weighted by molar-refractivity contribution is 0.435. The van der Waals surface area contributed by atoms with Crippen LogP contribution < -0.4 is 5.73 Å². The van der Waals surface area contributed by atoms with E-state index in [9.17, 15) is 5.11 Å². The molecule has 2 heterocycles. The number of fused-ring (bicyclic) bond motifs is 2. The van der Waals surface area contributed by atoms with Crippen molar-refractivity contribution in [1.82, 2.24) is 14.4 Å². The van der Waals surface area contributed by atoms with Crippen molar-refractivity contribution in [2.24, 2.45) is 5.73 Å². The van der Waals surface area contributed by atoms with E-state index in [2.05, 4.69) is 44.2 Å². The maximum Gasteiger partial charge on any atom is 0.219 e. The zero-order valence-electron chi connectivity index (χ0n) is 18.1. The van der Waals surface area contributed by atoms with Crippen LogP contribution in [-0.4, -0.2) is 25.3 Å². The second kappa shape index (κ2) is 8.76. The number of aromatic hydroxyl groups is 1. The Hall–Kier alpha value is -3.41. The molecule has 4 N–H and O–H groups in total. The Kier molecular flexibility index (Phi) is 5.89. The van der Waals surface area contributed by atoms with Crippen molar-refractivity contribution >= 4 is 22.3 Å². The van der Waals surface area contributed by atoms with Gasteiger partial charge in [-0.05, 0) is 42.5 Å². The van der Waals surface area contributed by atoms with Crippen LogP contribution in [0.15, 0.2) is 48.7 Å². The van der Waals surface area contributed by atoms with Crippen LogP contribution in [0.25, 0.3) is 27.7 Å². The number of hydrogen-bond acceptors (Lipinski definition) is 4. The molecule has 0 bridgehead atoms. The molecule has 0 aliphatic rings. The highest BCUT2D eigenvalue weighted by molar-refractivity contribution is 5.86. The number of nitrogens with zero attached hydrogens (tertiary/aromatic N) is 3. The van der Waals surface area contributed by atoms with E-state index in [4.69, 9.17) is 21.1 Å². The Balaban J connectivity index is 1.80. The highest BCUT2D eigenvalue weighted by Gasteiger charge is 2.20. The molecule has 0 amide bonds. The van der Waals surface area contributed by atoms with Crippen LogP contribution in [-0.2, 0) is 6.42 Å². The molecule has 1 unspecified atom stereocenters. The zero-order valence-corrected chi connectivity index (χ0v) is 18.1. The van der Waals surface area contributed by atoms with Crippen LogP contribution in [0.5, 0.6) is 5.88 Å². The van der Waals surface area contributed by atoms with Crippen molar-refractivity contribution in [2.75, 3.05) is 0 Å². The summed E-state index contributed by atoms with van der Waals surface area (Å²) in [7, 11) is 0. The Morgan fingerprint density at radius 1 is 1.13 bits per heavy atom. The molecule has 31 heavy (non-hydrogen) atoms. The molecule has 0 aliphatic heterocycles. The number of unbranched alkanes of at least 4 members (excludes halogenated alkanes) is 1. The fourth-order valence-corrected chi connectivity index (χ4v) is 3.90. The first kappa shape index (κ1) is 20.8. The van der Waals surface area contributed by atoms with Gasteiger partial charge in [0.1, 0.15) is 5.69 Å². The van der Waals surface area contributed by atoms with E-state index in [1.165, 1.54) is 5.39 Å². The van der Waals surface area contributed by atoms with Crippen molar-refractivity contribution in [1.29, 1.82) is 5.41 Å². The van der Waals surface area contributed by atoms with Gasteiger partial charge in [0.05, 0.1) is 17.2 Å². The largest absolute Gasteiger partial charge is 0.493 e. The normalized spacial score (nSPS) is 12.5. The summed E-state index contributed by atoms with van der Waals surface area (Å²) in [6, 6.07) is 14.5. The molecule has 1 atom stereocenters. The first-order chi connectivity index (χ1) is 15.0. The molecule has 160 valence electrons.